The van der Waals surface area contributed by atoms with Gasteiger partial charge in [-0.2, -0.15) is 0 Å². The van der Waals surface area contributed by atoms with E-state index in [2.05, 4.69) is 23.8 Å². The number of hydrogen-bond acceptors (Lipinski definition) is 5. The van der Waals surface area contributed by atoms with Gasteiger partial charge < -0.3 is 9.47 Å². The van der Waals surface area contributed by atoms with Crippen molar-refractivity contribution in [3.05, 3.63) is 10.8 Å². The number of ether oxygens (including phenoxy) is 2. The van der Waals surface area contributed by atoms with Crippen molar-refractivity contribution >= 4 is 22.4 Å². The van der Waals surface area contributed by atoms with Gasteiger partial charge in [-0.3, -0.25) is 0 Å². The molecule has 200 valence electrons. The lowest BCUT2D eigenvalue weighted by molar-refractivity contribution is 0.243. The number of fused-ring (bicyclic) bond motifs is 1. The molecule has 35 heavy (non-hydrogen) atoms. The average molecular weight is 505 g/mol. The fraction of sp³-hybridized carbons (Fsp3) is 0.800. The van der Waals surface area contributed by atoms with Crippen molar-refractivity contribution in [2.75, 3.05) is 13.2 Å². The minimum atomic E-state index is 0.568. The molecular weight excluding hydrogens is 452 g/mol. The van der Waals surface area contributed by atoms with Gasteiger partial charge in [0, 0.05) is 10.8 Å². The van der Waals surface area contributed by atoms with Gasteiger partial charge in [-0.1, -0.05) is 129 Å². The summed E-state index contributed by atoms with van der Waals surface area (Å²) in [5.41, 5.74) is 1.80. The predicted molar refractivity (Wildman–Crippen MR) is 152 cm³/mol. The number of thiophene rings is 1. The third-order valence-corrected chi connectivity index (χ3v) is 7.44. The summed E-state index contributed by atoms with van der Waals surface area (Å²) in [6.45, 7) is 5.94. The zero-order valence-corrected chi connectivity index (χ0v) is 23.6. The zero-order valence-electron chi connectivity index (χ0n) is 22.8. The molecule has 0 aliphatic carbocycles. The smallest absolute Gasteiger partial charge is 0.278 e. The summed E-state index contributed by atoms with van der Waals surface area (Å²) < 4.78 is 12.1. The first-order chi connectivity index (χ1) is 17.3. The van der Waals surface area contributed by atoms with Crippen molar-refractivity contribution in [1.29, 1.82) is 0 Å². The Hall–Kier alpha value is -1.36. The number of aromatic nitrogens is 2. The molecule has 0 radical (unpaired) electrons. The molecule has 0 fully saturated rings. The van der Waals surface area contributed by atoms with E-state index in [9.17, 15) is 0 Å². The maximum absolute atomic E-state index is 6.04. The van der Waals surface area contributed by atoms with Crippen LogP contribution >= 0.6 is 11.3 Å². The lowest BCUT2D eigenvalue weighted by atomic mass is 10.1. The van der Waals surface area contributed by atoms with E-state index in [1.807, 2.05) is 10.8 Å². The molecule has 2 aromatic heterocycles. The second kappa shape index (κ2) is 20.8. The molecule has 2 aromatic rings. The minimum absolute atomic E-state index is 0.568. The van der Waals surface area contributed by atoms with Gasteiger partial charge in [0.05, 0.1) is 13.2 Å². The quantitative estimate of drug-likeness (QED) is 0.133. The summed E-state index contributed by atoms with van der Waals surface area (Å²) in [6.07, 6.45) is 26.5. The maximum Gasteiger partial charge on any atom is 0.278 e. The summed E-state index contributed by atoms with van der Waals surface area (Å²) in [4.78, 5) is 9.38. The highest BCUT2D eigenvalue weighted by molar-refractivity contribution is 7.09. The SMILES string of the molecule is CCCCCCCCCCCCOc1nc2cscc2nc1OCCCCCCCCCCCC. The van der Waals surface area contributed by atoms with E-state index < -0.39 is 0 Å². The van der Waals surface area contributed by atoms with Crippen molar-refractivity contribution in [1.82, 2.24) is 9.97 Å². The third-order valence-electron chi connectivity index (χ3n) is 6.72. The highest BCUT2D eigenvalue weighted by Gasteiger charge is 2.12. The van der Waals surface area contributed by atoms with Crippen LogP contribution in [0, 0.1) is 0 Å². The van der Waals surface area contributed by atoms with E-state index in [0.717, 1.165) is 23.9 Å². The highest BCUT2D eigenvalue weighted by atomic mass is 32.1. The van der Waals surface area contributed by atoms with Crippen LogP contribution in [0.25, 0.3) is 11.0 Å². The van der Waals surface area contributed by atoms with Crippen molar-refractivity contribution in [2.24, 2.45) is 0 Å². The van der Waals surface area contributed by atoms with Gasteiger partial charge in [0.15, 0.2) is 0 Å². The minimum Gasteiger partial charge on any atom is -0.474 e. The summed E-state index contributed by atoms with van der Waals surface area (Å²) in [6, 6.07) is 0. The molecule has 0 aromatic carbocycles. The number of rotatable bonds is 24. The topological polar surface area (TPSA) is 44.2 Å². The van der Waals surface area contributed by atoms with Gasteiger partial charge in [-0.15, -0.1) is 11.3 Å². The molecule has 0 aliphatic heterocycles. The van der Waals surface area contributed by atoms with Gasteiger partial charge in [0.25, 0.3) is 11.8 Å². The predicted octanol–water partition coefficient (Wildman–Crippen LogP) is 10.3. The Morgan fingerprint density at radius 3 is 1.14 bits per heavy atom. The summed E-state index contributed by atoms with van der Waals surface area (Å²) in [5, 5.41) is 4.06. The van der Waals surface area contributed by atoms with E-state index in [4.69, 9.17) is 9.47 Å². The van der Waals surface area contributed by atoms with Crippen LogP contribution in [0.3, 0.4) is 0 Å². The van der Waals surface area contributed by atoms with Crippen molar-refractivity contribution < 1.29 is 9.47 Å². The first-order valence-electron chi connectivity index (χ1n) is 14.8. The Morgan fingerprint density at radius 2 is 0.800 bits per heavy atom. The molecule has 0 atom stereocenters. The number of hydrogen-bond donors (Lipinski definition) is 0. The Labute approximate surface area is 219 Å². The molecule has 0 amide bonds. The first-order valence-corrected chi connectivity index (χ1v) is 15.8. The van der Waals surface area contributed by atoms with Crippen LogP contribution in [-0.2, 0) is 0 Å². The van der Waals surface area contributed by atoms with Gasteiger partial charge >= 0.3 is 0 Å². The Kier molecular flexibility index (Phi) is 17.7. The van der Waals surface area contributed by atoms with E-state index in [-0.39, 0.29) is 0 Å². The van der Waals surface area contributed by atoms with Crippen LogP contribution < -0.4 is 9.47 Å². The van der Waals surface area contributed by atoms with Crippen LogP contribution in [0.15, 0.2) is 10.8 Å². The molecule has 0 aliphatic rings. The average Bonchev–Trinajstić information content (AvgIpc) is 3.33. The molecule has 0 saturated carbocycles. The number of unbranched alkanes of at least 4 members (excludes halogenated alkanes) is 18. The lowest BCUT2D eigenvalue weighted by Gasteiger charge is -2.11. The molecule has 4 nitrogen and oxygen atoms in total. The van der Waals surface area contributed by atoms with Gasteiger partial charge in [-0.25, -0.2) is 9.97 Å². The molecule has 0 bridgehead atoms. The summed E-state index contributed by atoms with van der Waals surface area (Å²) in [5.74, 6) is 1.14. The van der Waals surface area contributed by atoms with Crippen LogP contribution in [-0.4, -0.2) is 23.2 Å². The largest absolute Gasteiger partial charge is 0.474 e. The third kappa shape index (κ3) is 14.1. The fourth-order valence-electron chi connectivity index (χ4n) is 4.47. The zero-order chi connectivity index (χ0) is 24.8. The van der Waals surface area contributed by atoms with E-state index in [1.54, 1.807) is 11.3 Å². The van der Waals surface area contributed by atoms with Crippen LogP contribution in [0.1, 0.15) is 142 Å². The van der Waals surface area contributed by atoms with Gasteiger partial charge in [0.2, 0.25) is 0 Å². The Morgan fingerprint density at radius 1 is 0.486 bits per heavy atom. The van der Waals surface area contributed by atoms with Crippen LogP contribution in [0.5, 0.6) is 11.8 Å². The van der Waals surface area contributed by atoms with E-state index >= 15 is 0 Å². The maximum atomic E-state index is 6.04. The molecule has 5 heteroatoms. The van der Waals surface area contributed by atoms with Gasteiger partial charge in [-0.05, 0) is 12.8 Å². The van der Waals surface area contributed by atoms with Gasteiger partial charge in [0.1, 0.15) is 11.0 Å². The summed E-state index contributed by atoms with van der Waals surface area (Å²) in [7, 11) is 0. The number of nitrogens with zero attached hydrogens (tertiary/aromatic N) is 2. The molecule has 2 heterocycles. The van der Waals surface area contributed by atoms with E-state index in [1.165, 1.54) is 116 Å². The second-order valence-electron chi connectivity index (χ2n) is 10.0. The Bertz CT molecular complexity index is 689. The molecule has 0 saturated heterocycles. The normalized spacial score (nSPS) is 11.4. The molecule has 0 unspecified atom stereocenters. The molecule has 2 rings (SSSR count). The van der Waals surface area contributed by atoms with Crippen molar-refractivity contribution in [2.45, 2.75) is 142 Å². The van der Waals surface area contributed by atoms with Crippen LogP contribution in [0.2, 0.25) is 0 Å². The first kappa shape index (κ1) is 29.9. The van der Waals surface area contributed by atoms with Crippen LogP contribution in [0.4, 0.5) is 0 Å². The fourth-order valence-corrected chi connectivity index (χ4v) is 5.14. The molecule has 0 N–H and O–H groups in total. The van der Waals surface area contributed by atoms with Crippen molar-refractivity contribution in [3.63, 3.8) is 0 Å². The van der Waals surface area contributed by atoms with E-state index in [0.29, 0.717) is 25.0 Å². The Balaban J connectivity index is 1.58. The highest BCUT2D eigenvalue weighted by Crippen LogP contribution is 2.28. The molecular formula is C30H52N2O2S. The second-order valence-corrected chi connectivity index (χ2v) is 10.8. The summed E-state index contributed by atoms with van der Waals surface area (Å²) >= 11 is 1.63. The standard InChI is InChI=1S/C30H52N2O2S/c1-3-5-7-9-11-13-15-17-19-21-23-33-29-30(32-28-26-35-25-27(28)31-29)34-24-22-20-18-16-14-12-10-8-6-4-2/h25-26H,3-24H2,1-2H3. The molecule has 0 spiro atoms. The lowest BCUT2D eigenvalue weighted by Crippen LogP contribution is -2.06. The van der Waals surface area contributed by atoms with Crippen molar-refractivity contribution in [3.8, 4) is 11.8 Å². The monoisotopic (exact) mass is 504 g/mol.